The first-order chi connectivity index (χ1) is 5.79. The van der Waals surface area contributed by atoms with E-state index >= 15 is 0 Å². The lowest BCUT2D eigenvalue weighted by molar-refractivity contribution is 0.0422. The molecule has 1 N–H and O–H groups in total. The molecule has 1 atom stereocenters. The smallest absolute Gasteiger partial charge is 0.0748 e. The van der Waals surface area contributed by atoms with Crippen LogP contribution in [0.2, 0.25) is 0 Å². The van der Waals surface area contributed by atoms with Gasteiger partial charge in [-0.1, -0.05) is 25.7 Å². The Morgan fingerprint density at radius 1 is 1.33 bits per heavy atom. The summed E-state index contributed by atoms with van der Waals surface area (Å²) in [5.41, 5.74) is -0.278. The second kappa shape index (κ2) is 3.59. The summed E-state index contributed by atoms with van der Waals surface area (Å²) in [5, 5.41) is 10.1. The molecule has 1 unspecified atom stereocenters. The molecule has 0 spiro atoms. The minimum atomic E-state index is -0.278. The third-order valence-electron chi connectivity index (χ3n) is 3.23. The van der Waals surface area contributed by atoms with Gasteiger partial charge >= 0.3 is 0 Å². The fourth-order valence-electron chi connectivity index (χ4n) is 2.51. The minimum Gasteiger partial charge on any atom is -0.389 e. The molecule has 2 fully saturated rings. The molecule has 70 valence electrons. The van der Waals surface area contributed by atoms with Gasteiger partial charge in [-0.05, 0) is 24.5 Å². The molecule has 2 aliphatic rings. The number of hydrogen-bond acceptors (Lipinski definition) is 2. The van der Waals surface area contributed by atoms with E-state index in [1.165, 1.54) is 31.4 Å². The Bertz CT molecular complexity index is 146. The summed E-state index contributed by atoms with van der Waals surface area (Å²) >= 11 is 1.91. The van der Waals surface area contributed by atoms with Crippen molar-refractivity contribution in [3.63, 3.8) is 0 Å². The van der Waals surface area contributed by atoms with Crippen LogP contribution in [0.15, 0.2) is 0 Å². The van der Waals surface area contributed by atoms with Gasteiger partial charge in [0.25, 0.3) is 0 Å². The van der Waals surface area contributed by atoms with E-state index < -0.39 is 0 Å². The molecule has 1 saturated heterocycles. The molecule has 0 aromatic carbocycles. The zero-order valence-electron chi connectivity index (χ0n) is 7.59. The van der Waals surface area contributed by atoms with Crippen LogP contribution < -0.4 is 0 Å². The van der Waals surface area contributed by atoms with E-state index in [0.29, 0.717) is 0 Å². The van der Waals surface area contributed by atoms with Gasteiger partial charge in [0.1, 0.15) is 0 Å². The molecule has 0 aromatic heterocycles. The normalized spacial score (nSPS) is 37.8. The van der Waals surface area contributed by atoms with Gasteiger partial charge in [0.2, 0.25) is 0 Å². The summed E-state index contributed by atoms with van der Waals surface area (Å²) in [6.45, 7) is 0. The summed E-state index contributed by atoms with van der Waals surface area (Å²) in [5.74, 6) is 3.00. The maximum Gasteiger partial charge on any atom is 0.0748 e. The Balaban J connectivity index is 1.83. The first kappa shape index (κ1) is 8.89. The molecule has 1 aliphatic heterocycles. The predicted octanol–water partition coefficient (Wildman–Crippen LogP) is 2.43. The standard InChI is InChI=1S/C10H18OS/c11-10(5-6-12-8-10)7-9-3-1-2-4-9/h9,11H,1-8H2. The number of rotatable bonds is 2. The second-order valence-electron chi connectivity index (χ2n) is 4.38. The highest BCUT2D eigenvalue weighted by Crippen LogP contribution is 2.38. The number of hydrogen-bond donors (Lipinski definition) is 1. The SMILES string of the molecule is OC1(CC2CCCC2)CCSC1. The first-order valence-electron chi connectivity index (χ1n) is 5.09. The first-order valence-corrected chi connectivity index (χ1v) is 6.24. The molecule has 1 nitrogen and oxygen atoms in total. The Hall–Kier alpha value is 0.310. The van der Waals surface area contributed by atoms with E-state index in [1.54, 1.807) is 0 Å². The highest BCUT2D eigenvalue weighted by molar-refractivity contribution is 7.99. The van der Waals surface area contributed by atoms with Gasteiger partial charge in [-0.2, -0.15) is 11.8 Å². The molecule has 0 aromatic rings. The zero-order chi connectivity index (χ0) is 8.44. The molecule has 1 heterocycles. The van der Waals surface area contributed by atoms with Crippen molar-refractivity contribution in [3.05, 3.63) is 0 Å². The van der Waals surface area contributed by atoms with E-state index in [1.807, 2.05) is 11.8 Å². The van der Waals surface area contributed by atoms with Gasteiger partial charge in [-0.25, -0.2) is 0 Å². The van der Waals surface area contributed by atoms with Gasteiger partial charge in [0.15, 0.2) is 0 Å². The van der Waals surface area contributed by atoms with Crippen LogP contribution in [-0.4, -0.2) is 22.2 Å². The highest BCUT2D eigenvalue weighted by Gasteiger charge is 2.34. The number of aliphatic hydroxyl groups is 1. The van der Waals surface area contributed by atoms with Crippen LogP contribution in [0.25, 0.3) is 0 Å². The van der Waals surface area contributed by atoms with Gasteiger partial charge in [0, 0.05) is 5.75 Å². The molecule has 1 aliphatic carbocycles. The topological polar surface area (TPSA) is 20.2 Å². The van der Waals surface area contributed by atoms with Gasteiger partial charge < -0.3 is 5.11 Å². The number of thioether (sulfide) groups is 1. The van der Waals surface area contributed by atoms with E-state index in [4.69, 9.17) is 0 Å². The maximum atomic E-state index is 10.1. The van der Waals surface area contributed by atoms with Crippen molar-refractivity contribution in [2.75, 3.05) is 11.5 Å². The average Bonchev–Trinajstić information content (AvgIpc) is 2.62. The molecule has 2 heteroatoms. The second-order valence-corrected chi connectivity index (χ2v) is 5.49. The van der Waals surface area contributed by atoms with Crippen molar-refractivity contribution in [2.24, 2.45) is 5.92 Å². The van der Waals surface area contributed by atoms with E-state index in [0.717, 1.165) is 24.5 Å². The van der Waals surface area contributed by atoms with Crippen LogP contribution in [0, 0.1) is 5.92 Å². The fraction of sp³-hybridized carbons (Fsp3) is 1.00. The van der Waals surface area contributed by atoms with Crippen molar-refractivity contribution in [3.8, 4) is 0 Å². The van der Waals surface area contributed by atoms with Crippen LogP contribution in [0.5, 0.6) is 0 Å². The van der Waals surface area contributed by atoms with Crippen LogP contribution in [0.3, 0.4) is 0 Å². The zero-order valence-corrected chi connectivity index (χ0v) is 8.41. The monoisotopic (exact) mass is 186 g/mol. The largest absolute Gasteiger partial charge is 0.389 e. The molecular formula is C10H18OS. The summed E-state index contributed by atoms with van der Waals surface area (Å²) < 4.78 is 0. The summed E-state index contributed by atoms with van der Waals surface area (Å²) in [6, 6.07) is 0. The van der Waals surface area contributed by atoms with Crippen molar-refractivity contribution < 1.29 is 5.11 Å². The quantitative estimate of drug-likeness (QED) is 0.715. The predicted molar refractivity (Wildman–Crippen MR) is 53.5 cm³/mol. The Labute approximate surface area is 78.9 Å². The minimum absolute atomic E-state index is 0.278. The van der Waals surface area contributed by atoms with Gasteiger partial charge in [0.05, 0.1) is 5.60 Å². The fourth-order valence-corrected chi connectivity index (χ4v) is 3.82. The summed E-state index contributed by atoms with van der Waals surface area (Å²) in [7, 11) is 0. The maximum absolute atomic E-state index is 10.1. The van der Waals surface area contributed by atoms with Gasteiger partial charge in [-0.15, -0.1) is 0 Å². The molecular weight excluding hydrogens is 168 g/mol. The summed E-state index contributed by atoms with van der Waals surface area (Å²) in [6.07, 6.45) is 7.65. The van der Waals surface area contributed by atoms with E-state index in [9.17, 15) is 5.11 Å². The van der Waals surface area contributed by atoms with Crippen molar-refractivity contribution in [1.29, 1.82) is 0 Å². The van der Waals surface area contributed by atoms with Crippen molar-refractivity contribution in [2.45, 2.75) is 44.1 Å². The Morgan fingerprint density at radius 3 is 2.67 bits per heavy atom. The van der Waals surface area contributed by atoms with Crippen molar-refractivity contribution >= 4 is 11.8 Å². The van der Waals surface area contributed by atoms with Crippen LogP contribution in [0.4, 0.5) is 0 Å². The van der Waals surface area contributed by atoms with Crippen LogP contribution in [0.1, 0.15) is 38.5 Å². The molecule has 1 saturated carbocycles. The lowest BCUT2D eigenvalue weighted by atomic mass is 9.89. The van der Waals surface area contributed by atoms with Crippen LogP contribution in [-0.2, 0) is 0 Å². The molecule has 0 bridgehead atoms. The molecule has 0 amide bonds. The third kappa shape index (κ3) is 1.97. The lowest BCUT2D eigenvalue weighted by Crippen LogP contribution is -2.30. The van der Waals surface area contributed by atoms with Gasteiger partial charge in [-0.3, -0.25) is 0 Å². The van der Waals surface area contributed by atoms with Crippen molar-refractivity contribution in [1.82, 2.24) is 0 Å². The lowest BCUT2D eigenvalue weighted by Gasteiger charge is -2.24. The van der Waals surface area contributed by atoms with E-state index in [-0.39, 0.29) is 5.60 Å². The average molecular weight is 186 g/mol. The van der Waals surface area contributed by atoms with E-state index in [2.05, 4.69) is 0 Å². The third-order valence-corrected chi connectivity index (χ3v) is 4.46. The molecule has 0 radical (unpaired) electrons. The van der Waals surface area contributed by atoms with Crippen LogP contribution >= 0.6 is 11.8 Å². The highest BCUT2D eigenvalue weighted by atomic mass is 32.2. The molecule has 12 heavy (non-hydrogen) atoms. The Morgan fingerprint density at radius 2 is 2.08 bits per heavy atom. The Kier molecular flexibility index (Phi) is 2.66. The summed E-state index contributed by atoms with van der Waals surface area (Å²) in [4.78, 5) is 0. The molecule has 2 rings (SSSR count).